The molecule has 0 bridgehead atoms. The van der Waals surface area contributed by atoms with Gasteiger partial charge in [-0.2, -0.15) is 0 Å². The minimum atomic E-state index is -1.03. The topological polar surface area (TPSA) is 87.4 Å². The van der Waals surface area contributed by atoms with Crippen LogP contribution in [-0.2, 0) is 14.3 Å². The number of hydrogen-bond acceptors (Lipinski definition) is 7. The van der Waals surface area contributed by atoms with Gasteiger partial charge in [-0.25, -0.2) is 4.99 Å². The maximum Gasteiger partial charge on any atom is 0.321 e. The van der Waals surface area contributed by atoms with E-state index in [2.05, 4.69) is 22.3 Å². The second-order valence-corrected chi connectivity index (χ2v) is 5.92. The number of piperazine rings is 1. The molecule has 1 saturated heterocycles. The molecule has 0 aliphatic carbocycles. The van der Waals surface area contributed by atoms with Crippen molar-refractivity contribution < 1.29 is 18.7 Å². The minimum absolute atomic E-state index is 0.211. The molecule has 1 fully saturated rings. The highest BCUT2D eigenvalue weighted by Gasteiger charge is 2.43. The number of likely N-dealkylation sites (N-methyl/N-ethyl adjacent to an activating group) is 1. The molecule has 0 saturated carbocycles. The largest absolute Gasteiger partial charge is 0.467 e. The Balaban J connectivity index is 1.88. The molecule has 3 rings (SSSR count). The lowest BCUT2D eigenvalue weighted by molar-refractivity contribution is -0.153. The summed E-state index contributed by atoms with van der Waals surface area (Å²) in [6.07, 6.45) is 1.51. The van der Waals surface area contributed by atoms with E-state index in [-0.39, 0.29) is 6.61 Å². The van der Waals surface area contributed by atoms with Crippen LogP contribution in [0.4, 0.5) is 0 Å². The first-order chi connectivity index (χ1) is 11.6. The van der Waals surface area contributed by atoms with Gasteiger partial charge in [0.15, 0.2) is 5.92 Å². The van der Waals surface area contributed by atoms with Crippen LogP contribution in [0.15, 0.2) is 27.8 Å². The summed E-state index contributed by atoms with van der Waals surface area (Å²) in [5, 5.41) is 2.76. The number of aliphatic imine (C=N–C) groups is 1. The Kier molecular flexibility index (Phi) is 4.84. The van der Waals surface area contributed by atoms with E-state index in [4.69, 9.17) is 9.15 Å². The molecular weight excluding hydrogens is 312 g/mol. The molecule has 2 aliphatic rings. The fraction of sp³-hybridized carbons (Fsp3) is 0.562. The van der Waals surface area contributed by atoms with Gasteiger partial charge in [0.1, 0.15) is 11.8 Å². The molecule has 24 heavy (non-hydrogen) atoms. The number of carbonyl (C=O) groups excluding carboxylic acids is 2. The van der Waals surface area contributed by atoms with E-state index >= 15 is 0 Å². The van der Waals surface area contributed by atoms with Crippen molar-refractivity contribution in [1.82, 2.24) is 15.1 Å². The third kappa shape index (κ3) is 3.28. The predicted molar refractivity (Wildman–Crippen MR) is 86.2 cm³/mol. The molecule has 0 spiro atoms. The Morgan fingerprint density at radius 3 is 2.79 bits per heavy atom. The highest BCUT2D eigenvalue weighted by atomic mass is 16.5. The molecular formula is C16H22N4O4. The van der Waals surface area contributed by atoms with Crippen molar-refractivity contribution >= 4 is 17.8 Å². The van der Waals surface area contributed by atoms with Crippen LogP contribution < -0.4 is 5.32 Å². The number of carbonyl (C=O) groups is 2. The van der Waals surface area contributed by atoms with E-state index in [1.54, 1.807) is 19.1 Å². The van der Waals surface area contributed by atoms with Crippen LogP contribution in [0, 0.1) is 5.92 Å². The van der Waals surface area contributed by atoms with Gasteiger partial charge >= 0.3 is 5.97 Å². The second-order valence-electron chi connectivity index (χ2n) is 5.92. The first-order valence-corrected chi connectivity index (χ1v) is 8.12. The van der Waals surface area contributed by atoms with E-state index in [0.29, 0.717) is 11.7 Å². The summed E-state index contributed by atoms with van der Waals surface area (Å²) in [6.45, 7) is 5.24. The Labute approximate surface area is 140 Å². The standard InChI is InChI=1S/C16H22N4O4/c1-3-23-15(22)12-13(11-5-4-10-24-11)17-16(18-14(12)21)20-8-6-19(2)7-9-20/h4-5,10,12-13H,3,6-9H2,1-2H3,(H,17,18,21)/t12-,13+/m1/s1. The quantitative estimate of drug-likeness (QED) is 0.629. The monoisotopic (exact) mass is 334 g/mol. The van der Waals surface area contributed by atoms with Crippen molar-refractivity contribution in [1.29, 1.82) is 0 Å². The van der Waals surface area contributed by atoms with Gasteiger partial charge in [-0.1, -0.05) is 0 Å². The normalized spacial score (nSPS) is 25.2. The van der Waals surface area contributed by atoms with Crippen molar-refractivity contribution in [3.63, 3.8) is 0 Å². The first-order valence-electron chi connectivity index (χ1n) is 8.12. The molecule has 1 aromatic heterocycles. The number of hydrogen-bond donors (Lipinski definition) is 1. The SMILES string of the molecule is CCOC(=O)[C@H]1C(=O)NC(N2CCN(C)CC2)=N[C@H]1c1ccco1. The summed E-state index contributed by atoms with van der Waals surface area (Å²) in [4.78, 5) is 33.6. The maximum atomic E-state index is 12.6. The van der Waals surface area contributed by atoms with E-state index in [1.807, 2.05) is 4.90 Å². The molecule has 2 atom stereocenters. The number of ether oxygens (including phenoxy) is 1. The Morgan fingerprint density at radius 2 is 2.17 bits per heavy atom. The highest BCUT2D eigenvalue weighted by Crippen LogP contribution is 2.31. The summed E-state index contributed by atoms with van der Waals surface area (Å²) in [6, 6.07) is 2.73. The number of furan rings is 1. The minimum Gasteiger partial charge on any atom is -0.467 e. The van der Waals surface area contributed by atoms with Gasteiger partial charge in [0, 0.05) is 26.2 Å². The summed E-state index contributed by atoms with van der Waals surface area (Å²) < 4.78 is 10.5. The lowest BCUT2D eigenvalue weighted by Crippen LogP contribution is -2.56. The van der Waals surface area contributed by atoms with Crippen molar-refractivity contribution in [2.45, 2.75) is 13.0 Å². The van der Waals surface area contributed by atoms with Crippen molar-refractivity contribution in [3.05, 3.63) is 24.2 Å². The zero-order chi connectivity index (χ0) is 17.1. The second kappa shape index (κ2) is 7.04. The Morgan fingerprint density at radius 1 is 1.42 bits per heavy atom. The average molecular weight is 334 g/mol. The van der Waals surface area contributed by atoms with Crippen LogP contribution in [0.3, 0.4) is 0 Å². The van der Waals surface area contributed by atoms with E-state index in [0.717, 1.165) is 26.2 Å². The van der Waals surface area contributed by atoms with Crippen LogP contribution in [0.2, 0.25) is 0 Å². The van der Waals surface area contributed by atoms with Gasteiger partial charge < -0.3 is 19.0 Å². The molecule has 8 heteroatoms. The van der Waals surface area contributed by atoms with Crippen molar-refractivity contribution in [3.8, 4) is 0 Å². The fourth-order valence-corrected chi connectivity index (χ4v) is 2.90. The van der Waals surface area contributed by atoms with Crippen LogP contribution in [0.25, 0.3) is 0 Å². The van der Waals surface area contributed by atoms with Gasteiger partial charge in [0.25, 0.3) is 0 Å². The number of nitrogens with one attached hydrogen (secondary N) is 1. The number of rotatable bonds is 3. The Hall–Kier alpha value is -2.35. The number of amides is 1. The molecule has 3 heterocycles. The third-order valence-electron chi connectivity index (χ3n) is 4.27. The number of guanidine groups is 1. The van der Waals surface area contributed by atoms with E-state index < -0.39 is 23.8 Å². The summed E-state index contributed by atoms with van der Waals surface area (Å²) >= 11 is 0. The van der Waals surface area contributed by atoms with Crippen molar-refractivity contribution in [2.75, 3.05) is 39.8 Å². The number of esters is 1. The summed E-state index contributed by atoms with van der Waals surface area (Å²) in [7, 11) is 2.06. The fourth-order valence-electron chi connectivity index (χ4n) is 2.90. The van der Waals surface area contributed by atoms with Crippen LogP contribution >= 0.6 is 0 Å². The zero-order valence-corrected chi connectivity index (χ0v) is 13.9. The molecule has 1 aromatic rings. The third-order valence-corrected chi connectivity index (χ3v) is 4.27. The van der Waals surface area contributed by atoms with Crippen LogP contribution in [0.5, 0.6) is 0 Å². The molecule has 0 radical (unpaired) electrons. The van der Waals surface area contributed by atoms with Gasteiger partial charge in [0.2, 0.25) is 11.9 Å². The van der Waals surface area contributed by atoms with Crippen LogP contribution in [0.1, 0.15) is 18.7 Å². The lowest BCUT2D eigenvalue weighted by atomic mass is 9.95. The van der Waals surface area contributed by atoms with Crippen molar-refractivity contribution in [2.24, 2.45) is 10.9 Å². The van der Waals surface area contributed by atoms with Crippen LogP contribution in [-0.4, -0.2) is 67.5 Å². The molecule has 1 N–H and O–H groups in total. The smallest absolute Gasteiger partial charge is 0.321 e. The Bertz CT molecular complexity index is 620. The number of nitrogens with zero attached hydrogens (tertiary/aromatic N) is 3. The highest BCUT2D eigenvalue weighted by molar-refractivity contribution is 6.08. The molecule has 1 amide bonds. The first kappa shape index (κ1) is 16.5. The molecule has 0 aromatic carbocycles. The van der Waals surface area contributed by atoms with E-state index in [1.165, 1.54) is 6.26 Å². The van der Waals surface area contributed by atoms with Gasteiger partial charge in [-0.05, 0) is 26.1 Å². The molecule has 2 aliphatic heterocycles. The van der Waals surface area contributed by atoms with Gasteiger partial charge in [0.05, 0.1) is 12.9 Å². The lowest BCUT2D eigenvalue weighted by Gasteiger charge is -2.37. The molecule has 130 valence electrons. The summed E-state index contributed by atoms with van der Waals surface area (Å²) in [5.41, 5.74) is 0. The summed E-state index contributed by atoms with van der Waals surface area (Å²) in [5.74, 6) is -1.05. The predicted octanol–water partition coefficient (Wildman–Crippen LogP) is 0.233. The zero-order valence-electron chi connectivity index (χ0n) is 13.9. The maximum absolute atomic E-state index is 12.6. The van der Waals surface area contributed by atoms with Gasteiger partial charge in [-0.15, -0.1) is 0 Å². The molecule has 8 nitrogen and oxygen atoms in total. The van der Waals surface area contributed by atoms with E-state index in [9.17, 15) is 9.59 Å². The van der Waals surface area contributed by atoms with Gasteiger partial charge in [-0.3, -0.25) is 14.9 Å². The molecule has 0 unspecified atom stereocenters. The average Bonchev–Trinajstić information content (AvgIpc) is 3.09.